The van der Waals surface area contributed by atoms with Gasteiger partial charge in [-0.15, -0.1) is 0 Å². The first kappa shape index (κ1) is 27.7. The lowest BCUT2D eigenvalue weighted by atomic mass is 9.97. The molecule has 2 fully saturated rings. The number of nitrogens with zero attached hydrogens (tertiary/aromatic N) is 1. The average molecular weight is 535 g/mol. The molecule has 2 aliphatic heterocycles. The van der Waals surface area contributed by atoms with Crippen molar-refractivity contribution in [3.8, 4) is 5.75 Å². The van der Waals surface area contributed by atoms with Gasteiger partial charge in [0.1, 0.15) is 35.7 Å². The number of fused-ring (bicyclic) bond motifs is 1. The quantitative estimate of drug-likeness (QED) is 0.344. The molecule has 0 amide bonds. The predicted molar refractivity (Wildman–Crippen MR) is 135 cm³/mol. The first-order chi connectivity index (χ1) is 17.4. The van der Waals surface area contributed by atoms with Crippen molar-refractivity contribution < 1.29 is 37.4 Å². The number of carbonyl (C=O) groups is 1. The number of hydrogen-bond acceptors (Lipinski definition) is 9. The highest BCUT2D eigenvalue weighted by atomic mass is 31.2. The largest absolute Gasteiger partial charge is 0.462 e. The first-order valence-electron chi connectivity index (χ1n) is 12.3. The molecule has 0 aliphatic carbocycles. The minimum absolute atomic E-state index is 0.181. The van der Waals surface area contributed by atoms with Gasteiger partial charge in [0, 0.05) is 6.20 Å². The number of benzene rings is 1. The fourth-order valence-electron chi connectivity index (χ4n) is 4.34. The Labute approximate surface area is 217 Å². The number of pyridine rings is 1. The number of carbonyl (C=O) groups excluding carboxylic acids is 1. The van der Waals surface area contributed by atoms with Crippen molar-refractivity contribution in [1.82, 2.24) is 10.1 Å². The molecule has 1 N–H and O–H groups in total. The van der Waals surface area contributed by atoms with Crippen molar-refractivity contribution in [3.63, 3.8) is 0 Å². The number of rotatable bonds is 10. The molecule has 3 heterocycles. The van der Waals surface area contributed by atoms with Crippen LogP contribution in [0, 0.1) is 0 Å². The molecule has 4 rings (SSSR count). The van der Waals surface area contributed by atoms with Crippen LogP contribution >= 0.6 is 7.75 Å². The van der Waals surface area contributed by atoms with E-state index in [1.807, 2.05) is 39.0 Å². The van der Waals surface area contributed by atoms with Crippen LogP contribution in [0.25, 0.3) is 0 Å². The first-order valence-corrected chi connectivity index (χ1v) is 13.9. The maximum Gasteiger partial charge on any atom is 0.459 e. The summed E-state index contributed by atoms with van der Waals surface area (Å²) in [6.45, 7) is 10.3. The van der Waals surface area contributed by atoms with E-state index in [1.54, 1.807) is 50.4 Å². The van der Waals surface area contributed by atoms with Crippen molar-refractivity contribution in [2.45, 2.75) is 83.4 Å². The molecule has 0 saturated carbocycles. The number of esters is 1. The minimum atomic E-state index is -4.09. The molecule has 0 radical (unpaired) electrons. The third-order valence-corrected chi connectivity index (χ3v) is 7.58. The monoisotopic (exact) mass is 534 g/mol. The Morgan fingerprint density at radius 1 is 1.05 bits per heavy atom. The Balaban J connectivity index is 1.56. The van der Waals surface area contributed by atoms with Gasteiger partial charge in [-0.25, -0.2) is 4.57 Å². The summed E-state index contributed by atoms with van der Waals surface area (Å²) in [4.78, 5) is 16.9. The highest BCUT2D eigenvalue weighted by Crippen LogP contribution is 2.52. The van der Waals surface area contributed by atoms with Crippen LogP contribution in [0.1, 0.15) is 53.3 Å². The summed E-state index contributed by atoms with van der Waals surface area (Å²) in [5.74, 6) is -1.13. The second kappa shape index (κ2) is 10.8. The van der Waals surface area contributed by atoms with E-state index in [9.17, 15) is 9.36 Å². The average Bonchev–Trinajstić information content (AvgIpc) is 3.30. The molecule has 202 valence electrons. The molecule has 2 saturated heterocycles. The lowest BCUT2D eigenvalue weighted by molar-refractivity contribution is -0.212. The summed E-state index contributed by atoms with van der Waals surface area (Å²) < 4.78 is 49.7. The maximum absolute atomic E-state index is 13.9. The van der Waals surface area contributed by atoms with E-state index >= 15 is 0 Å². The lowest BCUT2D eigenvalue weighted by Crippen LogP contribution is -2.45. The molecule has 2 aromatic rings. The van der Waals surface area contributed by atoms with Crippen LogP contribution < -0.4 is 9.61 Å². The summed E-state index contributed by atoms with van der Waals surface area (Å²) in [6, 6.07) is 13.2. The molecule has 6 atom stereocenters. The van der Waals surface area contributed by atoms with E-state index in [4.69, 9.17) is 28.0 Å². The Morgan fingerprint density at radius 3 is 2.41 bits per heavy atom. The van der Waals surface area contributed by atoms with Gasteiger partial charge in [-0.3, -0.25) is 14.3 Å². The van der Waals surface area contributed by atoms with Gasteiger partial charge in [-0.2, -0.15) is 5.09 Å². The number of nitrogens with one attached hydrogen (secondary N) is 1. The maximum atomic E-state index is 13.9. The standard InChI is InChI=1S/C26H35N2O8P/c1-17(2)32-24(29)18(3)28-37(30,36-19-12-8-7-9-13-19)31-16-26(6)23-22(33-25(4,5)35-23)21(34-26)20-14-10-11-15-27-20/h7-15,17-18,21-23H,16H2,1-6H3,(H,28,30)/t18-,21-,22-,23-,26+,37-/m0/s1. The fourth-order valence-corrected chi connectivity index (χ4v) is 5.93. The summed E-state index contributed by atoms with van der Waals surface area (Å²) in [7, 11) is -4.09. The molecular formula is C26H35N2O8P. The van der Waals surface area contributed by atoms with Gasteiger partial charge in [-0.1, -0.05) is 24.3 Å². The van der Waals surface area contributed by atoms with Gasteiger partial charge < -0.3 is 23.5 Å². The smallest absolute Gasteiger partial charge is 0.459 e. The molecule has 0 bridgehead atoms. The Kier molecular flexibility index (Phi) is 8.09. The van der Waals surface area contributed by atoms with Crippen molar-refractivity contribution in [2.75, 3.05) is 6.61 Å². The molecule has 2 aliphatic rings. The molecular weight excluding hydrogens is 499 g/mol. The minimum Gasteiger partial charge on any atom is -0.462 e. The zero-order valence-electron chi connectivity index (χ0n) is 22.0. The highest BCUT2D eigenvalue weighted by molar-refractivity contribution is 7.52. The van der Waals surface area contributed by atoms with Gasteiger partial charge in [0.15, 0.2) is 5.79 Å². The van der Waals surface area contributed by atoms with E-state index < -0.39 is 49.5 Å². The van der Waals surface area contributed by atoms with E-state index in [1.165, 1.54) is 6.92 Å². The number of hydrogen-bond donors (Lipinski definition) is 1. The number of aromatic nitrogens is 1. The molecule has 0 spiro atoms. The van der Waals surface area contributed by atoms with Crippen LogP contribution in [-0.4, -0.2) is 53.3 Å². The van der Waals surface area contributed by atoms with Crippen molar-refractivity contribution in [1.29, 1.82) is 0 Å². The lowest BCUT2D eigenvalue weighted by Gasteiger charge is -2.32. The second-order valence-electron chi connectivity index (χ2n) is 10.1. The van der Waals surface area contributed by atoms with Gasteiger partial charge in [-0.05, 0) is 65.8 Å². The van der Waals surface area contributed by atoms with E-state index in [0.29, 0.717) is 11.4 Å². The van der Waals surface area contributed by atoms with Gasteiger partial charge in [0.25, 0.3) is 0 Å². The van der Waals surface area contributed by atoms with E-state index in [-0.39, 0.29) is 12.7 Å². The van der Waals surface area contributed by atoms with Crippen LogP contribution in [-0.2, 0) is 32.8 Å². The SMILES string of the molecule is CC(C)OC(=O)[C@H](C)N[P@](=O)(OC[C@@]1(C)O[C@@H](c2ccccn2)[C@@H]2OC(C)(C)O[C@@H]21)Oc1ccccc1. The molecule has 1 aromatic carbocycles. The van der Waals surface area contributed by atoms with Crippen LogP contribution in [0.5, 0.6) is 5.75 Å². The van der Waals surface area contributed by atoms with E-state index in [0.717, 1.165) is 0 Å². The summed E-state index contributed by atoms with van der Waals surface area (Å²) >= 11 is 0. The topological polar surface area (TPSA) is 114 Å². The Hall–Kier alpha value is -2.33. The zero-order valence-corrected chi connectivity index (χ0v) is 22.8. The molecule has 37 heavy (non-hydrogen) atoms. The summed E-state index contributed by atoms with van der Waals surface area (Å²) in [6.07, 6.45) is -0.168. The van der Waals surface area contributed by atoms with E-state index in [2.05, 4.69) is 10.1 Å². The van der Waals surface area contributed by atoms with Crippen molar-refractivity contribution >= 4 is 13.7 Å². The van der Waals surface area contributed by atoms with Gasteiger partial charge in [0.05, 0.1) is 18.4 Å². The van der Waals surface area contributed by atoms with Crippen molar-refractivity contribution in [3.05, 3.63) is 60.4 Å². The Bertz CT molecular complexity index is 1120. The molecule has 11 heteroatoms. The number of para-hydroxylation sites is 1. The Morgan fingerprint density at radius 2 is 1.76 bits per heavy atom. The predicted octanol–water partition coefficient (Wildman–Crippen LogP) is 4.57. The van der Waals surface area contributed by atoms with Crippen LogP contribution in [0.15, 0.2) is 54.7 Å². The molecule has 0 unspecified atom stereocenters. The van der Waals surface area contributed by atoms with Gasteiger partial charge >= 0.3 is 13.7 Å². The third kappa shape index (κ3) is 6.57. The highest BCUT2D eigenvalue weighted by Gasteiger charge is 2.62. The normalized spacial score (nSPS) is 28.9. The third-order valence-electron chi connectivity index (χ3n) is 5.95. The summed E-state index contributed by atoms with van der Waals surface area (Å²) in [5.41, 5.74) is -0.380. The second-order valence-corrected chi connectivity index (χ2v) is 11.8. The summed E-state index contributed by atoms with van der Waals surface area (Å²) in [5, 5.41) is 2.70. The zero-order chi connectivity index (χ0) is 26.8. The molecule has 1 aromatic heterocycles. The van der Waals surface area contributed by atoms with Gasteiger partial charge in [0.2, 0.25) is 0 Å². The van der Waals surface area contributed by atoms with Crippen molar-refractivity contribution in [2.24, 2.45) is 0 Å². The number of ether oxygens (including phenoxy) is 4. The van der Waals surface area contributed by atoms with Crippen LogP contribution in [0.3, 0.4) is 0 Å². The van der Waals surface area contributed by atoms with Crippen LogP contribution in [0.2, 0.25) is 0 Å². The van der Waals surface area contributed by atoms with Crippen LogP contribution in [0.4, 0.5) is 0 Å². The molecule has 10 nitrogen and oxygen atoms in total. The fraction of sp³-hybridized carbons (Fsp3) is 0.538.